The predicted molar refractivity (Wildman–Crippen MR) is 157 cm³/mol. The van der Waals surface area contributed by atoms with Crippen molar-refractivity contribution >= 4 is 38.0 Å². The summed E-state index contributed by atoms with van der Waals surface area (Å²) in [6.45, 7) is 2.27. The first-order valence-corrected chi connectivity index (χ1v) is 14.8. The molecule has 5 aromatic rings. The first-order chi connectivity index (χ1) is 20.1. The number of aromatic nitrogens is 4. The Hall–Kier alpha value is -4.62. The number of likely N-dealkylation sites (tertiary alicyclic amines) is 1. The minimum absolute atomic E-state index is 0.167. The van der Waals surface area contributed by atoms with Gasteiger partial charge in [0.2, 0.25) is 0 Å². The molecular formula is C29H30N6O6S. The van der Waals surface area contributed by atoms with Crippen LogP contribution in [0.5, 0.6) is 11.6 Å². The lowest BCUT2D eigenvalue weighted by Crippen LogP contribution is -2.60. The van der Waals surface area contributed by atoms with Gasteiger partial charge < -0.3 is 29.0 Å². The van der Waals surface area contributed by atoms with Crippen molar-refractivity contribution in [1.29, 1.82) is 0 Å². The number of sulfone groups is 1. The number of amides is 1. The summed E-state index contributed by atoms with van der Waals surface area (Å²) in [6, 6.07) is 11.8. The van der Waals surface area contributed by atoms with Crippen molar-refractivity contribution in [1.82, 2.24) is 29.7 Å². The summed E-state index contributed by atoms with van der Waals surface area (Å²) in [5, 5.41) is 12.0. The Labute approximate surface area is 241 Å². The average molecular weight is 591 g/mol. The number of hydrogen-bond acceptors (Lipinski definition) is 8. The third-order valence-corrected chi connectivity index (χ3v) is 9.58. The highest BCUT2D eigenvalue weighted by Crippen LogP contribution is 2.38. The van der Waals surface area contributed by atoms with Crippen molar-refractivity contribution < 1.29 is 27.8 Å². The number of rotatable bonds is 8. The summed E-state index contributed by atoms with van der Waals surface area (Å²) < 4.78 is 41.0. The van der Waals surface area contributed by atoms with E-state index in [9.17, 15) is 18.3 Å². The Balaban J connectivity index is 1.47. The normalized spacial score (nSPS) is 14.7. The second-order valence-electron chi connectivity index (χ2n) is 10.4. The van der Waals surface area contributed by atoms with Crippen LogP contribution < -0.4 is 14.8 Å². The average Bonchev–Trinajstić information content (AvgIpc) is 3.52. The molecule has 0 saturated carbocycles. The van der Waals surface area contributed by atoms with Crippen LogP contribution in [0.15, 0.2) is 59.8 Å². The van der Waals surface area contributed by atoms with Gasteiger partial charge in [-0.3, -0.25) is 5.32 Å². The third-order valence-electron chi connectivity index (χ3n) is 7.64. The minimum Gasteiger partial charge on any atom is -0.491 e. The molecule has 12 nitrogen and oxygen atoms in total. The number of fused-ring (bicyclic) bond motifs is 2. The number of aryl methyl sites for hydroxylation is 2. The summed E-state index contributed by atoms with van der Waals surface area (Å²) in [4.78, 5) is 25.3. The lowest BCUT2D eigenvalue weighted by Gasteiger charge is -2.39. The zero-order valence-corrected chi connectivity index (χ0v) is 24.3. The number of nitrogens with one attached hydrogen (secondary N) is 2. The molecule has 6 rings (SSSR count). The predicted octanol–water partition coefficient (Wildman–Crippen LogP) is 3.87. The molecular weight excluding hydrogens is 560 g/mol. The van der Waals surface area contributed by atoms with Crippen LogP contribution in [0.1, 0.15) is 16.5 Å². The van der Waals surface area contributed by atoms with E-state index in [1.165, 1.54) is 12.0 Å². The van der Waals surface area contributed by atoms with Crippen LogP contribution in [0.4, 0.5) is 4.79 Å². The van der Waals surface area contributed by atoms with Gasteiger partial charge in [0.15, 0.2) is 15.6 Å². The van der Waals surface area contributed by atoms with Crippen molar-refractivity contribution in [2.24, 2.45) is 7.05 Å². The summed E-state index contributed by atoms with van der Waals surface area (Å²) in [5.74, 6) is 0.850. The Kier molecular flexibility index (Phi) is 6.78. The van der Waals surface area contributed by atoms with E-state index in [1.54, 1.807) is 43.6 Å². The van der Waals surface area contributed by atoms with Crippen molar-refractivity contribution in [2.45, 2.75) is 23.2 Å². The van der Waals surface area contributed by atoms with Gasteiger partial charge in [-0.15, -0.1) is 0 Å². The van der Waals surface area contributed by atoms with Gasteiger partial charge in [-0.25, -0.2) is 23.2 Å². The van der Waals surface area contributed by atoms with Gasteiger partial charge in [-0.05, 0) is 36.8 Å². The monoisotopic (exact) mass is 590 g/mol. The molecule has 0 spiro atoms. The molecule has 1 aromatic carbocycles. The summed E-state index contributed by atoms with van der Waals surface area (Å²) in [6.07, 6.45) is 2.45. The molecule has 0 radical (unpaired) electrons. The smallest absolute Gasteiger partial charge is 0.407 e. The SMILES string of the molecule is COc1cc2c(nc1OC)c(-c1cc3c(C(NC4CN(C(=O)O)C4)S(=O)(=O)c4ccc(C)cc4)ccnc3[nH]1)cn2C. The van der Waals surface area contributed by atoms with Crippen molar-refractivity contribution in [3.63, 3.8) is 0 Å². The molecule has 1 amide bonds. The van der Waals surface area contributed by atoms with E-state index in [0.717, 1.165) is 16.6 Å². The molecule has 218 valence electrons. The molecule has 3 N–H and O–H groups in total. The Bertz CT molecular complexity index is 1930. The fourth-order valence-electron chi connectivity index (χ4n) is 5.34. The van der Waals surface area contributed by atoms with Gasteiger partial charge in [0.1, 0.15) is 16.5 Å². The zero-order valence-electron chi connectivity index (χ0n) is 23.5. The number of ether oxygens (including phenoxy) is 2. The fraction of sp³-hybridized carbons (Fsp3) is 0.276. The standard InChI is InChI=1S/C29H30N6O6S/c1-16-5-7-18(8-6-16)42(38,39)28(31-17-13-35(14-17)29(36)37)19-9-10-30-26-20(19)11-22(32-26)21-15-34(2)23-12-24(40-3)27(41-4)33-25(21)23/h5-12,15,17,28,31H,13-14H2,1-4H3,(H,30,32)(H,36,37). The molecule has 1 aliphatic heterocycles. The lowest BCUT2D eigenvalue weighted by molar-refractivity contribution is 0.0949. The molecule has 4 aromatic heterocycles. The van der Waals surface area contributed by atoms with Crippen LogP contribution in [0.25, 0.3) is 33.3 Å². The van der Waals surface area contributed by atoms with Crippen LogP contribution in [0, 0.1) is 6.92 Å². The number of benzene rings is 1. The molecule has 1 aliphatic rings. The fourth-order valence-corrected chi connectivity index (χ4v) is 7.03. The lowest BCUT2D eigenvalue weighted by atomic mass is 10.1. The summed E-state index contributed by atoms with van der Waals surface area (Å²) >= 11 is 0. The molecule has 0 bridgehead atoms. The number of carbonyl (C=O) groups is 1. The highest BCUT2D eigenvalue weighted by Gasteiger charge is 2.38. The van der Waals surface area contributed by atoms with Crippen molar-refractivity contribution in [2.75, 3.05) is 27.3 Å². The Morgan fingerprint density at radius 2 is 1.88 bits per heavy atom. The van der Waals surface area contributed by atoms with E-state index in [1.807, 2.05) is 36.9 Å². The van der Waals surface area contributed by atoms with Crippen LogP contribution in [0.2, 0.25) is 0 Å². The molecule has 1 unspecified atom stereocenters. The van der Waals surface area contributed by atoms with E-state index in [4.69, 9.17) is 9.47 Å². The van der Waals surface area contributed by atoms with E-state index in [2.05, 4.69) is 20.3 Å². The van der Waals surface area contributed by atoms with Crippen molar-refractivity contribution in [3.8, 4) is 22.9 Å². The number of methoxy groups -OCH3 is 2. The first-order valence-electron chi connectivity index (χ1n) is 13.2. The van der Waals surface area contributed by atoms with E-state index >= 15 is 0 Å². The molecule has 0 aliphatic carbocycles. The number of H-pyrrole nitrogens is 1. The maximum atomic E-state index is 14.1. The van der Waals surface area contributed by atoms with Gasteiger partial charge in [0.05, 0.1) is 30.3 Å². The zero-order chi connectivity index (χ0) is 29.8. The Morgan fingerprint density at radius 1 is 1.14 bits per heavy atom. The minimum atomic E-state index is -3.94. The van der Waals surface area contributed by atoms with Gasteiger partial charge in [0.25, 0.3) is 5.88 Å². The van der Waals surface area contributed by atoms with Gasteiger partial charge >= 0.3 is 6.09 Å². The second kappa shape index (κ2) is 10.3. The topological polar surface area (TPSA) is 152 Å². The Morgan fingerprint density at radius 3 is 2.55 bits per heavy atom. The molecule has 1 atom stereocenters. The maximum Gasteiger partial charge on any atom is 0.407 e. The van der Waals surface area contributed by atoms with E-state index < -0.39 is 21.3 Å². The summed E-state index contributed by atoms with van der Waals surface area (Å²) in [5.41, 5.74) is 4.92. The largest absolute Gasteiger partial charge is 0.491 e. The van der Waals surface area contributed by atoms with Gasteiger partial charge in [-0.2, -0.15) is 0 Å². The molecule has 1 saturated heterocycles. The highest BCUT2D eigenvalue weighted by atomic mass is 32.2. The van der Waals surface area contributed by atoms with Crippen LogP contribution in [0.3, 0.4) is 0 Å². The van der Waals surface area contributed by atoms with Gasteiger partial charge in [0, 0.05) is 55.6 Å². The first kappa shape index (κ1) is 27.5. The molecule has 1 fully saturated rings. The van der Waals surface area contributed by atoms with Crippen molar-refractivity contribution in [3.05, 3.63) is 66.0 Å². The molecule has 13 heteroatoms. The van der Waals surface area contributed by atoms with Gasteiger partial charge in [-0.1, -0.05) is 17.7 Å². The number of aromatic amines is 1. The maximum absolute atomic E-state index is 14.1. The quantitative estimate of drug-likeness (QED) is 0.245. The second-order valence-corrected chi connectivity index (χ2v) is 12.4. The number of carboxylic acid groups (broad SMARTS) is 1. The number of hydrogen-bond donors (Lipinski definition) is 3. The molecule has 5 heterocycles. The highest BCUT2D eigenvalue weighted by molar-refractivity contribution is 7.91. The summed E-state index contributed by atoms with van der Waals surface area (Å²) in [7, 11) is 1.04. The van der Waals surface area contributed by atoms with Crippen LogP contribution in [-0.4, -0.2) is 77.4 Å². The number of pyridine rings is 2. The van der Waals surface area contributed by atoms with E-state index in [0.29, 0.717) is 39.4 Å². The van der Waals surface area contributed by atoms with E-state index in [-0.39, 0.29) is 24.0 Å². The van der Waals surface area contributed by atoms with Crippen LogP contribution >= 0.6 is 0 Å². The molecule has 42 heavy (non-hydrogen) atoms. The third kappa shape index (κ3) is 4.60. The number of nitrogens with zero attached hydrogens (tertiary/aromatic N) is 4. The van der Waals surface area contributed by atoms with Crippen LogP contribution in [-0.2, 0) is 16.9 Å².